The smallest absolute Gasteiger partial charge is 0.254 e. The molecule has 4 heterocycles. The number of carbonyl (C=O) groups is 1. The Balaban J connectivity index is 1.60. The molecule has 2 aliphatic rings. The summed E-state index contributed by atoms with van der Waals surface area (Å²) in [5.74, 6) is 0.620. The van der Waals surface area contributed by atoms with Crippen LogP contribution in [0, 0.1) is 0 Å². The molecule has 8 nitrogen and oxygen atoms in total. The molecule has 1 amide bonds. The number of primary amides is 1. The number of nitrogens with one attached hydrogen (secondary N) is 1. The molecule has 150 valence electrons. The van der Waals surface area contributed by atoms with Crippen LogP contribution >= 0.6 is 0 Å². The molecule has 0 saturated carbocycles. The van der Waals surface area contributed by atoms with Gasteiger partial charge in [0.05, 0.1) is 24.0 Å². The fourth-order valence-corrected chi connectivity index (χ4v) is 4.01. The van der Waals surface area contributed by atoms with Crippen molar-refractivity contribution in [2.45, 2.75) is 25.3 Å². The highest BCUT2D eigenvalue weighted by Crippen LogP contribution is 2.37. The number of imidazole rings is 1. The van der Waals surface area contributed by atoms with Gasteiger partial charge in [0.15, 0.2) is 0 Å². The highest BCUT2D eigenvalue weighted by atomic mass is 16.5. The number of ether oxygens (including phenoxy) is 2. The van der Waals surface area contributed by atoms with Gasteiger partial charge in [0.25, 0.3) is 5.91 Å². The van der Waals surface area contributed by atoms with Crippen LogP contribution in [0.5, 0.6) is 11.6 Å². The average Bonchev–Trinajstić information content (AvgIpc) is 3.20. The van der Waals surface area contributed by atoms with Crippen molar-refractivity contribution >= 4 is 16.9 Å². The summed E-state index contributed by atoms with van der Waals surface area (Å²) in [5.41, 5.74) is 10.1. The van der Waals surface area contributed by atoms with Crippen molar-refractivity contribution in [1.82, 2.24) is 19.9 Å². The molecule has 5 rings (SSSR count). The third-order valence-corrected chi connectivity index (χ3v) is 5.85. The molecule has 1 atom stereocenters. The molecular formula is C21H23N5O3. The van der Waals surface area contributed by atoms with Gasteiger partial charge in [0.2, 0.25) is 5.88 Å². The summed E-state index contributed by atoms with van der Waals surface area (Å²) in [7, 11) is 2.07. The number of likely N-dealkylation sites (tertiary alicyclic amines) is 1. The van der Waals surface area contributed by atoms with Gasteiger partial charge < -0.3 is 20.2 Å². The molecule has 1 aromatic carbocycles. The SMILES string of the molecule is CN1CCC1COc1cc(-c2cnc3c(c2)CCCO3)c2nc[nH]c2c1C(N)=O. The predicted molar refractivity (Wildman–Crippen MR) is 108 cm³/mol. The number of nitrogens with two attached hydrogens (primary N) is 1. The first-order valence-corrected chi connectivity index (χ1v) is 9.87. The number of likely N-dealkylation sites (N-methyl/N-ethyl adjacent to an activating group) is 1. The minimum absolute atomic E-state index is 0.331. The monoisotopic (exact) mass is 393 g/mol. The van der Waals surface area contributed by atoms with Gasteiger partial charge in [-0.25, -0.2) is 9.97 Å². The van der Waals surface area contributed by atoms with Gasteiger partial charge in [-0.3, -0.25) is 9.69 Å². The van der Waals surface area contributed by atoms with Crippen molar-refractivity contribution < 1.29 is 14.3 Å². The Morgan fingerprint density at radius 2 is 2.31 bits per heavy atom. The fourth-order valence-electron chi connectivity index (χ4n) is 4.01. The number of amides is 1. The number of aromatic nitrogens is 3. The van der Waals surface area contributed by atoms with Crippen LogP contribution in [0.2, 0.25) is 0 Å². The van der Waals surface area contributed by atoms with Gasteiger partial charge in [-0.15, -0.1) is 0 Å². The van der Waals surface area contributed by atoms with Crippen LogP contribution in [0.15, 0.2) is 24.7 Å². The van der Waals surface area contributed by atoms with Gasteiger partial charge in [-0.1, -0.05) is 0 Å². The Hall–Kier alpha value is -3.13. The predicted octanol–water partition coefficient (Wildman–Crippen LogP) is 2.13. The van der Waals surface area contributed by atoms with E-state index in [0.29, 0.717) is 47.5 Å². The van der Waals surface area contributed by atoms with Gasteiger partial charge in [0.1, 0.15) is 17.9 Å². The molecule has 0 bridgehead atoms. The molecule has 1 fully saturated rings. The highest BCUT2D eigenvalue weighted by Gasteiger charge is 2.27. The summed E-state index contributed by atoms with van der Waals surface area (Å²) in [6.45, 7) is 2.26. The zero-order chi connectivity index (χ0) is 20.0. The van der Waals surface area contributed by atoms with E-state index in [1.54, 1.807) is 12.5 Å². The number of benzene rings is 1. The second-order valence-corrected chi connectivity index (χ2v) is 7.66. The van der Waals surface area contributed by atoms with Crippen LogP contribution in [0.25, 0.3) is 22.2 Å². The number of hydrogen-bond donors (Lipinski definition) is 2. The van der Waals surface area contributed by atoms with Crippen molar-refractivity contribution in [3.05, 3.63) is 35.8 Å². The molecule has 2 aromatic heterocycles. The molecule has 1 saturated heterocycles. The molecule has 0 aliphatic carbocycles. The molecule has 3 N–H and O–H groups in total. The van der Waals surface area contributed by atoms with E-state index >= 15 is 0 Å². The lowest BCUT2D eigenvalue weighted by Crippen LogP contribution is -2.48. The Bertz CT molecular complexity index is 1090. The molecule has 3 aromatic rings. The van der Waals surface area contributed by atoms with Crippen molar-refractivity contribution in [3.63, 3.8) is 0 Å². The van der Waals surface area contributed by atoms with E-state index in [-0.39, 0.29) is 0 Å². The molecule has 0 spiro atoms. The van der Waals surface area contributed by atoms with Crippen molar-refractivity contribution in [2.24, 2.45) is 5.73 Å². The van der Waals surface area contributed by atoms with E-state index in [4.69, 9.17) is 15.2 Å². The Labute approximate surface area is 168 Å². The van der Waals surface area contributed by atoms with E-state index in [0.717, 1.165) is 42.5 Å². The second-order valence-electron chi connectivity index (χ2n) is 7.66. The van der Waals surface area contributed by atoms with Gasteiger partial charge in [0, 0.05) is 28.9 Å². The van der Waals surface area contributed by atoms with E-state index in [9.17, 15) is 4.79 Å². The van der Waals surface area contributed by atoms with Crippen LogP contribution in [0.3, 0.4) is 0 Å². The lowest BCUT2D eigenvalue weighted by Gasteiger charge is -2.37. The lowest BCUT2D eigenvalue weighted by molar-refractivity contribution is 0.0760. The summed E-state index contributed by atoms with van der Waals surface area (Å²) in [6, 6.07) is 4.28. The van der Waals surface area contributed by atoms with Crippen LogP contribution < -0.4 is 15.2 Å². The molecule has 2 aliphatic heterocycles. The summed E-state index contributed by atoms with van der Waals surface area (Å²) >= 11 is 0. The molecule has 8 heteroatoms. The minimum Gasteiger partial charge on any atom is -0.491 e. The number of hydrogen-bond acceptors (Lipinski definition) is 6. The van der Waals surface area contributed by atoms with Crippen molar-refractivity contribution in [3.8, 4) is 22.8 Å². The fraction of sp³-hybridized carbons (Fsp3) is 0.381. The molecule has 29 heavy (non-hydrogen) atoms. The number of aryl methyl sites for hydroxylation is 1. The number of carbonyl (C=O) groups excluding carboxylic acids is 1. The van der Waals surface area contributed by atoms with Crippen LogP contribution in [-0.2, 0) is 6.42 Å². The molecule has 0 radical (unpaired) electrons. The number of aromatic amines is 1. The first kappa shape index (κ1) is 17.9. The average molecular weight is 393 g/mol. The zero-order valence-corrected chi connectivity index (χ0v) is 16.3. The van der Waals surface area contributed by atoms with Gasteiger partial charge in [-0.2, -0.15) is 0 Å². The second kappa shape index (κ2) is 7.04. The molecular weight excluding hydrogens is 370 g/mol. The van der Waals surface area contributed by atoms with E-state index in [1.165, 1.54) is 0 Å². The first-order valence-electron chi connectivity index (χ1n) is 9.87. The highest BCUT2D eigenvalue weighted by molar-refractivity contribution is 6.10. The first-order chi connectivity index (χ1) is 14.1. The summed E-state index contributed by atoms with van der Waals surface area (Å²) < 4.78 is 11.7. The number of rotatable bonds is 5. The standard InChI is InChI=1S/C21H23N5O3/c1-26-5-4-14(26)10-29-16-8-15(18-19(25-11-24-18)17(16)20(22)27)13-7-12-3-2-6-28-21(12)23-9-13/h7-9,11,14H,2-6,10H2,1H3,(H2,22,27)(H,24,25). The summed E-state index contributed by atoms with van der Waals surface area (Å²) in [5, 5.41) is 0. The Kier molecular flexibility index (Phi) is 4.35. The van der Waals surface area contributed by atoms with Crippen LogP contribution in [0.4, 0.5) is 0 Å². The third kappa shape index (κ3) is 3.09. The quantitative estimate of drug-likeness (QED) is 0.688. The van der Waals surface area contributed by atoms with E-state index in [2.05, 4.69) is 33.0 Å². The largest absolute Gasteiger partial charge is 0.491 e. The number of fused-ring (bicyclic) bond motifs is 2. The maximum Gasteiger partial charge on any atom is 0.254 e. The summed E-state index contributed by atoms with van der Waals surface area (Å²) in [4.78, 5) is 26.4. The number of pyridine rings is 1. The maximum atomic E-state index is 12.2. The zero-order valence-electron chi connectivity index (χ0n) is 16.3. The van der Waals surface area contributed by atoms with Crippen LogP contribution in [0.1, 0.15) is 28.8 Å². The van der Waals surface area contributed by atoms with Gasteiger partial charge >= 0.3 is 0 Å². The Morgan fingerprint density at radius 1 is 1.41 bits per heavy atom. The Morgan fingerprint density at radius 3 is 3.07 bits per heavy atom. The number of nitrogens with zero attached hydrogens (tertiary/aromatic N) is 3. The number of H-pyrrole nitrogens is 1. The van der Waals surface area contributed by atoms with E-state index < -0.39 is 5.91 Å². The van der Waals surface area contributed by atoms with Crippen LogP contribution in [-0.4, -0.2) is 58.6 Å². The van der Waals surface area contributed by atoms with E-state index in [1.807, 2.05) is 6.07 Å². The summed E-state index contributed by atoms with van der Waals surface area (Å²) in [6.07, 6.45) is 6.33. The van der Waals surface area contributed by atoms with Gasteiger partial charge in [-0.05, 0) is 45.0 Å². The molecule has 1 unspecified atom stereocenters. The topological polar surface area (TPSA) is 106 Å². The van der Waals surface area contributed by atoms with Crippen molar-refractivity contribution in [2.75, 3.05) is 26.8 Å². The normalized spacial score (nSPS) is 18.7. The lowest BCUT2D eigenvalue weighted by atomic mass is 9.98. The minimum atomic E-state index is -0.542. The third-order valence-electron chi connectivity index (χ3n) is 5.85. The van der Waals surface area contributed by atoms with Crippen molar-refractivity contribution in [1.29, 1.82) is 0 Å². The maximum absolute atomic E-state index is 12.2.